The summed E-state index contributed by atoms with van der Waals surface area (Å²) >= 11 is 1.21. The van der Waals surface area contributed by atoms with E-state index in [0.29, 0.717) is 21.0 Å². The number of hydrogen-bond acceptors (Lipinski definition) is 5. The molecule has 110 valence electrons. The van der Waals surface area contributed by atoms with E-state index in [-0.39, 0.29) is 5.69 Å². The van der Waals surface area contributed by atoms with Crippen molar-refractivity contribution < 1.29 is 13.2 Å². The molecule has 3 aromatic rings. The van der Waals surface area contributed by atoms with Crippen LogP contribution in [0.2, 0.25) is 0 Å². The van der Waals surface area contributed by atoms with Crippen LogP contribution in [0.3, 0.4) is 0 Å². The van der Waals surface area contributed by atoms with E-state index < -0.39 is 11.7 Å². The van der Waals surface area contributed by atoms with Crippen LogP contribution in [0.25, 0.3) is 21.0 Å². The standard InChI is InChI=1S/C13H6F3N5S/c14-13(15,16)8-3-7(5-18-6-8)10-1-2-11(22-10)12-9(4-17)19-21-20-12/h1-3,5-6H,(H,19,20,21). The van der Waals surface area contributed by atoms with Gasteiger partial charge in [-0.2, -0.15) is 28.7 Å². The van der Waals surface area contributed by atoms with Gasteiger partial charge in [0.15, 0.2) is 5.69 Å². The number of hydrogen-bond donors (Lipinski definition) is 1. The van der Waals surface area contributed by atoms with Gasteiger partial charge >= 0.3 is 6.18 Å². The molecular weight excluding hydrogens is 315 g/mol. The molecule has 0 aromatic carbocycles. The molecule has 0 fully saturated rings. The topological polar surface area (TPSA) is 78.2 Å². The maximum Gasteiger partial charge on any atom is 0.417 e. The first-order chi connectivity index (χ1) is 10.5. The quantitative estimate of drug-likeness (QED) is 0.783. The minimum absolute atomic E-state index is 0.135. The van der Waals surface area contributed by atoms with Crippen molar-refractivity contribution in [2.75, 3.05) is 0 Å². The van der Waals surface area contributed by atoms with Crippen LogP contribution in [0.5, 0.6) is 0 Å². The molecule has 3 rings (SSSR count). The highest BCUT2D eigenvalue weighted by atomic mass is 32.1. The number of rotatable bonds is 2. The van der Waals surface area contributed by atoms with Crippen molar-refractivity contribution in [2.24, 2.45) is 0 Å². The van der Waals surface area contributed by atoms with E-state index in [1.807, 2.05) is 6.07 Å². The lowest BCUT2D eigenvalue weighted by Crippen LogP contribution is -2.05. The van der Waals surface area contributed by atoms with Gasteiger partial charge in [-0.3, -0.25) is 4.98 Å². The molecule has 5 nitrogen and oxygen atoms in total. The Morgan fingerprint density at radius 3 is 2.64 bits per heavy atom. The molecule has 0 saturated carbocycles. The van der Waals surface area contributed by atoms with Gasteiger partial charge in [0.2, 0.25) is 0 Å². The van der Waals surface area contributed by atoms with Gasteiger partial charge in [-0.15, -0.1) is 16.4 Å². The number of nitrogens with zero attached hydrogens (tertiary/aromatic N) is 4. The highest BCUT2D eigenvalue weighted by Crippen LogP contribution is 2.36. The van der Waals surface area contributed by atoms with Crippen molar-refractivity contribution >= 4 is 11.3 Å². The molecule has 0 aliphatic heterocycles. The van der Waals surface area contributed by atoms with E-state index in [2.05, 4.69) is 20.4 Å². The number of aromatic nitrogens is 4. The summed E-state index contributed by atoms with van der Waals surface area (Å²) in [4.78, 5) is 4.87. The number of aromatic amines is 1. The van der Waals surface area contributed by atoms with E-state index in [4.69, 9.17) is 5.26 Å². The van der Waals surface area contributed by atoms with Crippen molar-refractivity contribution in [2.45, 2.75) is 6.18 Å². The van der Waals surface area contributed by atoms with Gasteiger partial charge in [0.1, 0.15) is 11.8 Å². The summed E-state index contributed by atoms with van der Waals surface area (Å²) in [5.41, 5.74) is 0.0569. The summed E-state index contributed by atoms with van der Waals surface area (Å²) in [5, 5.41) is 18.8. The number of alkyl halides is 3. The third-order valence-electron chi connectivity index (χ3n) is 2.84. The molecule has 0 spiro atoms. The lowest BCUT2D eigenvalue weighted by Gasteiger charge is -2.06. The van der Waals surface area contributed by atoms with E-state index in [9.17, 15) is 13.2 Å². The summed E-state index contributed by atoms with van der Waals surface area (Å²) in [6.45, 7) is 0. The average molecular weight is 321 g/mol. The fourth-order valence-corrected chi connectivity index (χ4v) is 2.81. The Kier molecular flexibility index (Phi) is 3.38. The molecule has 0 aliphatic rings. The van der Waals surface area contributed by atoms with Gasteiger partial charge < -0.3 is 0 Å². The molecule has 1 N–H and O–H groups in total. The molecule has 0 unspecified atom stereocenters. The first-order valence-electron chi connectivity index (χ1n) is 5.93. The third kappa shape index (κ3) is 2.56. The molecule has 22 heavy (non-hydrogen) atoms. The Bertz CT molecular complexity index is 859. The van der Waals surface area contributed by atoms with Crippen molar-refractivity contribution in [3.63, 3.8) is 0 Å². The number of H-pyrrole nitrogens is 1. The predicted molar refractivity (Wildman–Crippen MR) is 72.6 cm³/mol. The largest absolute Gasteiger partial charge is 0.417 e. The fraction of sp³-hybridized carbons (Fsp3) is 0.0769. The van der Waals surface area contributed by atoms with E-state index in [1.54, 1.807) is 12.1 Å². The number of thiophene rings is 1. The number of halogens is 3. The van der Waals surface area contributed by atoms with Crippen LogP contribution in [0.15, 0.2) is 30.6 Å². The second-order valence-electron chi connectivity index (χ2n) is 4.26. The Morgan fingerprint density at radius 1 is 1.14 bits per heavy atom. The molecule has 0 atom stereocenters. The van der Waals surface area contributed by atoms with Crippen LogP contribution >= 0.6 is 11.3 Å². The fourth-order valence-electron chi connectivity index (χ4n) is 1.83. The van der Waals surface area contributed by atoms with Crippen LogP contribution in [-0.2, 0) is 6.18 Å². The van der Waals surface area contributed by atoms with Crippen LogP contribution < -0.4 is 0 Å². The Labute approximate surface area is 126 Å². The monoisotopic (exact) mass is 321 g/mol. The van der Waals surface area contributed by atoms with E-state index in [1.165, 1.54) is 17.5 Å². The molecular formula is C13H6F3N5S. The summed E-state index contributed by atoms with van der Waals surface area (Å²) in [7, 11) is 0. The molecule has 0 bridgehead atoms. The molecule has 0 aliphatic carbocycles. The van der Waals surface area contributed by atoms with Gasteiger partial charge in [0, 0.05) is 22.8 Å². The summed E-state index contributed by atoms with van der Waals surface area (Å²) in [6, 6.07) is 6.27. The van der Waals surface area contributed by atoms with Crippen LogP contribution in [0.4, 0.5) is 13.2 Å². The average Bonchev–Trinajstić information content (AvgIpc) is 3.15. The molecule has 3 heterocycles. The van der Waals surface area contributed by atoms with E-state index >= 15 is 0 Å². The molecule has 0 amide bonds. The SMILES string of the molecule is N#Cc1n[nH]nc1-c1ccc(-c2cncc(C(F)(F)F)c2)s1. The Morgan fingerprint density at radius 2 is 1.91 bits per heavy atom. The lowest BCUT2D eigenvalue weighted by atomic mass is 10.2. The minimum Gasteiger partial charge on any atom is -0.263 e. The van der Waals surface area contributed by atoms with Gasteiger partial charge in [0.05, 0.1) is 10.4 Å². The zero-order valence-corrected chi connectivity index (χ0v) is 11.5. The first-order valence-corrected chi connectivity index (χ1v) is 6.74. The van der Waals surface area contributed by atoms with Crippen LogP contribution in [0.1, 0.15) is 11.3 Å². The Hall–Kier alpha value is -2.73. The predicted octanol–water partition coefficient (Wildman–Crippen LogP) is 3.49. The lowest BCUT2D eigenvalue weighted by molar-refractivity contribution is -0.137. The maximum absolute atomic E-state index is 12.7. The molecule has 9 heteroatoms. The number of nitriles is 1. The maximum atomic E-state index is 12.7. The van der Waals surface area contributed by atoms with Crippen molar-refractivity contribution in [1.82, 2.24) is 20.4 Å². The smallest absolute Gasteiger partial charge is 0.263 e. The van der Waals surface area contributed by atoms with Crippen LogP contribution in [-0.4, -0.2) is 20.4 Å². The summed E-state index contributed by atoms with van der Waals surface area (Å²) in [6.07, 6.45) is -2.30. The summed E-state index contributed by atoms with van der Waals surface area (Å²) < 4.78 is 38.1. The third-order valence-corrected chi connectivity index (χ3v) is 3.98. The Balaban J connectivity index is 2.00. The van der Waals surface area contributed by atoms with Crippen molar-refractivity contribution in [3.8, 4) is 27.1 Å². The van der Waals surface area contributed by atoms with Crippen molar-refractivity contribution in [1.29, 1.82) is 5.26 Å². The normalized spacial score (nSPS) is 11.4. The number of pyridine rings is 1. The van der Waals surface area contributed by atoms with Gasteiger partial charge in [-0.1, -0.05) is 0 Å². The number of nitrogens with one attached hydrogen (secondary N) is 1. The molecule has 0 radical (unpaired) electrons. The second-order valence-corrected chi connectivity index (χ2v) is 5.34. The molecule has 0 saturated heterocycles. The molecule has 3 aromatic heterocycles. The van der Waals surface area contributed by atoms with Gasteiger partial charge in [-0.05, 0) is 18.2 Å². The van der Waals surface area contributed by atoms with Crippen molar-refractivity contribution in [3.05, 3.63) is 41.9 Å². The van der Waals surface area contributed by atoms with Gasteiger partial charge in [0.25, 0.3) is 0 Å². The minimum atomic E-state index is -4.44. The zero-order valence-electron chi connectivity index (χ0n) is 10.7. The highest BCUT2D eigenvalue weighted by molar-refractivity contribution is 7.18. The first kappa shape index (κ1) is 14.2. The van der Waals surface area contributed by atoms with Gasteiger partial charge in [-0.25, -0.2) is 0 Å². The second kappa shape index (κ2) is 5.23. The summed E-state index contributed by atoms with van der Waals surface area (Å²) in [5.74, 6) is 0. The van der Waals surface area contributed by atoms with E-state index in [0.717, 1.165) is 12.3 Å². The zero-order chi connectivity index (χ0) is 15.7. The highest BCUT2D eigenvalue weighted by Gasteiger charge is 2.31. The van der Waals surface area contributed by atoms with Crippen LogP contribution in [0, 0.1) is 11.3 Å².